The summed E-state index contributed by atoms with van der Waals surface area (Å²) in [6, 6.07) is 8.89. The summed E-state index contributed by atoms with van der Waals surface area (Å²) in [5, 5.41) is 9.93. The molecule has 2 aromatic carbocycles. The first-order chi connectivity index (χ1) is 8.99. The molecule has 5 heteroatoms. The Morgan fingerprint density at radius 1 is 1.21 bits per heavy atom. The van der Waals surface area contributed by atoms with E-state index in [4.69, 9.17) is 11.6 Å². The van der Waals surface area contributed by atoms with Gasteiger partial charge >= 0.3 is 0 Å². The first-order valence-corrected chi connectivity index (χ1v) is 6.72. The van der Waals surface area contributed by atoms with Crippen LogP contribution in [0.3, 0.4) is 0 Å². The van der Waals surface area contributed by atoms with Gasteiger partial charge in [-0.1, -0.05) is 45.7 Å². The van der Waals surface area contributed by atoms with Crippen molar-refractivity contribution in [2.45, 2.75) is 12.5 Å². The van der Waals surface area contributed by atoms with Crippen LogP contribution in [0.4, 0.5) is 8.78 Å². The lowest BCUT2D eigenvalue weighted by Gasteiger charge is -2.13. The van der Waals surface area contributed by atoms with Gasteiger partial charge in [-0.25, -0.2) is 8.78 Å². The predicted molar refractivity (Wildman–Crippen MR) is 74.2 cm³/mol. The predicted octanol–water partition coefficient (Wildman–Crippen LogP) is 4.66. The van der Waals surface area contributed by atoms with Gasteiger partial charge in [-0.2, -0.15) is 0 Å². The van der Waals surface area contributed by atoms with Gasteiger partial charge in [0, 0.05) is 16.5 Å². The van der Waals surface area contributed by atoms with E-state index in [9.17, 15) is 13.9 Å². The summed E-state index contributed by atoms with van der Waals surface area (Å²) >= 11 is 8.80. The first kappa shape index (κ1) is 14.4. The molecule has 0 spiro atoms. The first-order valence-electron chi connectivity index (χ1n) is 5.55. The smallest absolute Gasteiger partial charge is 0.147 e. The maximum absolute atomic E-state index is 13.7. The molecule has 1 N–H and O–H groups in total. The molecule has 100 valence electrons. The maximum Gasteiger partial charge on any atom is 0.147 e. The van der Waals surface area contributed by atoms with Crippen LogP contribution >= 0.6 is 27.5 Å². The second-order valence-corrected chi connectivity index (χ2v) is 5.42. The number of benzene rings is 2. The average Bonchev–Trinajstić information content (AvgIpc) is 2.36. The SMILES string of the molecule is OC(Cc1ccc(Br)cc1F)c1cccc(Cl)c1F. The fourth-order valence-electron chi connectivity index (χ4n) is 1.78. The van der Waals surface area contributed by atoms with Crippen LogP contribution < -0.4 is 0 Å². The lowest BCUT2D eigenvalue weighted by atomic mass is 10.0. The molecule has 0 bridgehead atoms. The number of aliphatic hydroxyl groups is 1. The van der Waals surface area contributed by atoms with Crippen molar-refractivity contribution in [1.29, 1.82) is 0 Å². The van der Waals surface area contributed by atoms with E-state index in [0.29, 0.717) is 10.0 Å². The summed E-state index contributed by atoms with van der Waals surface area (Å²) in [6.45, 7) is 0. The lowest BCUT2D eigenvalue weighted by Crippen LogP contribution is -2.06. The van der Waals surface area contributed by atoms with Crippen LogP contribution in [-0.2, 0) is 6.42 Å². The Hall–Kier alpha value is -0.970. The Morgan fingerprint density at radius 3 is 2.63 bits per heavy atom. The van der Waals surface area contributed by atoms with Crippen LogP contribution in [-0.4, -0.2) is 5.11 Å². The largest absolute Gasteiger partial charge is 0.388 e. The third kappa shape index (κ3) is 3.32. The van der Waals surface area contributed by atoms with Crippen molar-refractivity contribution in [3.05, 3.63) is 68.7 Å². The molecule has 0 aliphatic heterocycles. The van der Waals surface area contributed by atoms with Crippen LogP contribution in [0, 0.1) is 11.6 Å². The molecule has 0 fully saturated rings. The molecule has 1 nitrogen and oxygen atoms in total. The minimum Gasteiger partial charge on any atom is -0.388 e. The van der Waals surface area contributed by atoms with E-state index in [1.165, 1.54) is 18.2 Å². The van der Waals surface area contributed by atoms with E-state index in [2.05, 4.69) is 15.9 Å². The van der Waals surface area contributed by atoms with Crippen LogP contribution in [0.2, 0.25) is 5.02 Å². The molecule has 0 amide bonds. The maximum atomic E-state index is 13.7. The Morgan fingerprint density at radius 2 is 1.95 bits per heavy atom. The average molecular weight is 348 g/mol. The van der Waals surface area contributed by atoms with Crippen LogP contribution in [0.15, 0.2) is 40.9 Å². The van der Waals surface area contributed by atoms with Gasteiger partial charge in [-0.05, 0) is 23.8 Å². The monoisotopic (exact) mass is 346 g/mol. The van der Waals surface area contributed by atoms with E-state index in [-0.39, 0.29) is 17.0 Å². The van der Waals surface area contributed by atoms with E-state index in [0.717, 1.165) is 0 Å². The van der Waals surface area contributed by atoms with Gasteiger partial charge in [-0.15, -0.1) is 0 Å². The summed E-state index contributed by atoms with van der Waals surface area (Å²) in [6.07, 6.45) is -1.16. The lowest BCUT2D eigenvalue weighted by molar-refractivity contribution is 0.172. The van der Waals surface area contributed by atoms with Crippen molar-refractivity contribution in [1.82, 2.24) is 0 Å². The highest BCUT2D eigenvalue weighted by Crippen LogP contribution is 2.27. The summed E-state index contributed by atoms with van der Waals surface area (Å²) in [5.41, 5.74) is 0.380. The van der Waals surface area contributed by atoms with Gasteiger partial charge in [0.2, 0.25) is 0 Å². The summed E-state index contributed by atoms with van der Waals surface area (Å²) < 4.78 is 28.0. The highest BCUT2D eigenvalue weighted by Gasteiger charge is 2.17. The van der Waals surface area contributed by atoms with Crippen LogP contribution in [0.25, 0.3) is 0 Å². The Bertz CT molecular complexity index is 604. The Balaban J connectivity index is 2.25. The molecule has 0 radical (unpaired) electrons. The zero-order valence-electron chi connectivity index (χ0n) is 9.71. The number of rotatable bonds is 3. The molecule has 1 atom stereocenters. The number of hydrogen-bond donors (Lipinski definition) is 1. The van der Waals surface area contributed by atoms with Crippen molar-refractivity contribution in [3.63, 3.8) is 0 Å². The minimum atomic E-state index is -1.14. The highest BCUT2D eigenvalue weighted by atomic mass is 79.9. The molecule has 0 aliphatic rings. The zero-order valence-corrected chi connectivity index (χ0v) is 12.0. The zero-order chi connectivity index (χ0) is 14.0. The van der Waals surface area contributed by atoms with Crippen molar-refractivity contribution in [3.8, 4) is 0 Å². The van der Waals surface area contributed by atoms with Gasteiger partial charge in [-0.3, -0.25) is 0 Å². The second kappa shape index (κ2) is 5.99. The molecule has 1 unspecified atom stereocenters. The molecular weight excluding hydrogens is 338 g/mol. The third-order valence-electron chi connectivity index (χ3n) is 2.77. The van der Waals surface area contributed by atoms with Gasteiger partial charge in [0.1, 0.15) is 11.6 Å². The quantitative estimate of drug-likeness (QED) is 0.856. The standard InChI is InChI=1S/C14H10BrClF2O/c15-9-5-4-8(12(17)7-9)6-13(19)10-2-1-3-11(16)14(10)18/h1-5,7,13,19H,6H2. The van der Waals surface area contributed by atoms with Crippen LogP contribution in [0.5, 0.6) is 0 Å². The Kier molecular flexibility index (Phi) is 4.55. The second-order valence-electron chi connectivity index (χ2n) is 4.10. The molecule has 0 saturated heterocycles. The summed E-state index contributed by atoms with van der Waals surface area (Å²) in [4.78, 5) is 0. The van der Waals surface area contributed by atoms with Crippen LogP contribution in [0.1, 0.15) is 17.2 Å². The van der Waals surface area contributed by atoms with Crippen molar-refractivity contribution in [2.24, 2.45) is 0 Å². The molecule has 0 aliphatic carbocycles. The molecular formula is C14H10BrClF2O. The van der Waals surface area contributed by atoms with Gasteiger partial charge in [0.15, 0.2) is 0 Å². The summed E-state index contributed by atoms with van der Waals surface area (Å²) in [5.74, 6) is -1.12. The summed E-state index contributed by atoms with van der Waals surface area (Å²) in [7, 11) is 0. The van der Waals surface area contributed by atoms with E-state index < -0.39 is 17.7 Å². The number of halogens is 4. The minimum absolute atomic E-state index is 0.0175. The highest BCUT2D eigenvalue weighted by molar-refractivity contribution is 9.10. The number of hydrogen-bond acceptors (Lipinski definition) is 1. The van der Waals surface area contributed by atoms with Gasteiger partial charge in [0.25, 0.3) is 0 Å². The third-order valence-corrected chi connectivity index (χ3v) is 3.55. The van der Waals surface area contributed by atoms with E-state index in [1.807, 2.05) is 0 Å². The molecule has 2 rings (SSSR count). The normalized spacial score (nSPS) is 12.5. The van der Waals surface area contributed by atoms with E-state index >= 15 is 0 Å². The van der Waals surface area contributed by atoms with Crippen molar-refractivity contribution < 1.29 is 13.9 Å². The Labute approximate surface area is 123 Å². The molecule has 0 aromatic heterocycles. The molecule has 19 heavy (non-hydrogen) atoms. The molecule has 0 heterocycles. The molecule has 2 aromatic rings. The fraction of sp³-hybridized carbons (Fsp3) is 0.143. The molecule has 0 saturated carbocycles. The fourth-order valence-corrected chi connectivity index (χ4v) is 2.30. The van der Waals surface area contributed by atoms with Gasteiger partial charge < -0.3 is 5.11 Å². The topological polar surface area (TPSA) is 20.2 Å². The number of aliphatic hydroxyl groups excluding tert-OH is 1. The van der Waals surface area contributed by atoms with E-state index in [1.54, 1.807) is 18.2 Å². The van der Waals surface area contributed by atoms with Crippen molar-refractivity contribution >= 4 is 27.5 Å². The van der Waals surface area contributed by atoms with Crippen molar-refractivity contribution in [2.75, 3.05) is 0 Å². The van der Waals surface area contributed by atoms with Gasteiger partial charge in [0.05, 0.1) is 11.1 Å².